The summed E-state index contributed by atoms with van der Waals surface area (Å²) in [6.45, 7) is 0. The highest BCUT2D eigenvalue weighted by Gasteiger charge is 2.55. The first kappa shape index (κ1) is 12.3. The Kier molecular flexibility index (Phi) is 3.02. The van der Waals surface area contributed by atoms with Crippen molar-refractivity contribution in [1.82, 2.24) is 0 Å². The molecule has 3 fully saturated rings. The molecule has 0 aromatic carbocycles. The second-order valence-electron chi connectivity index (χ2n) is 6.07. The molecule has 4 nitrogen and oxygen atoms in total. The molecule has 0 aliphatic heterocycles. The first-order valence-corrected chi connectivity index (χ1v) is 7.05. The number of ketones is 2. The fourth-order valence-electron chi connectivity index (χ4n) is 4.22. The van der Waals surface area contributed by atoms with Crippen molar-refractivity contribution < 1.29 is 19.8 Å². The summed E-state index contributed by atoms with van der Waals surface area (Å²) in [7, 11) is 0. The number of carbonyl (C=O) groups is 2. The molecule has 100 valence electrons. The number of carbonyl (C=O) groups excluding carboxylic acids is 2. The van der Waals surface area contributed by atoms with Gasteiger partial charge in [0.2, 0.25) is 0 Å². The van der Waals surface area contributed by atoms with Crippen LogP contribution in [-0.4, -0.2) is 34.0 Å². The molecule has 6 atom stereocenters. The monoisotopic (exact) mass is 252 g/mol. The molecule has 3 aliphatic rings. The lowest BCUT2D eigenvalue weighted by atomic mass is 9.57. The van der Waals surface area contributed by atoms with E-state index in [9.17, 15) is 19.8 Å². The molecule has 2 N–H and O–H groups in total. The quantitative estimate of drug-likeness (QED) is 0.665. The smallest absolute Gasteiger partial charge is 0.143 e. The molecule has 4 heteroatoms. The van der Waals surface area contributed by atoms with Gasteiger partial charge in [-0.1, -0.05) is 12.8 Å². The summed E-state index contributed by atoms with van der Waals surface area (Å²) in [4.78, 5) is 24.9. The van der Waals surface area contributed by atoms with Gasteiger partial charge < -0.3 is 10.2 Å². The van der Waals surface area contributed by atoms with E-state index in [1.807, 2.05) is 0 Å². The van der Waals surface area contributed by atoms with Crippen molar-refractivity contribution in [2.24, 2.45) is 23.7 Å². The van der Waals surface area contributed by atoms with Crippen molar-refractivity contribution in [3.8, 4) is 0 Å². The van der Waals surface area contributed by atoms with Crippen molar-refractivity contribution >= 4 is 11.6 Å². The summed E-state index contributed by atoms with van der Waals surface area (Å²) in [5.41, 5.74) is 0. The van der Waals surface area contributed by atoms with E-state index >= 15 is 0 Å². The minimum atomic E-state index is -0.738. The second kappa shape index (κ2) is 4.42. The number of hydrogen-bond donors (Lipinski definition) is 2. The van der Waals surface area contributed by atoms with Gasteiger partial charge in [0.15, 0.2) is 0 Å². The minimum Gasteiger partial charge on any atom is -0.392 e. The van der Waals surface area contributed by atoms with E-state index in [4.69, 9.17) is 0 Å². The molecule has 6 unspecified atom stereocenters. The third-order valence-electron chi connectivity index (χ3n) is 5.13. The van der Waals surface area contributed by atoms with Crippen molar-refractivity contribution in [1.29, 1.82) is 0 Å². The number of rotatable bonds is 0. The summed E-state index contributed by atoms with van der Waals surface area (Å²) >= 11 is 0. The molecule has 0 spiro atoms. The summed E-state index contributed by atoms with van der Waals surface area (Å²) < 4.78 is 0. The van der Waals surface area contributed by atoms with Gasteiger partial charge >= 0.3 is 0 Å². The van der Waals surface area contributed by atoms with Crippen LogP contribution >= 0.6 is 0 Å². The van der Waals surface area contributed by atoms with Crippen molar-refractivity contribution in [3.63, 3.8) is 0 Å². The maximum absolute atomic E-state index is 12.5. The van der Waals surface area contributed by atoms with Gasteiger partial charge in [-0.15, -0.1) is 0 Å². The predicted molar refractivity (Wildman–Crippen MR) is 63.7 cm³/mol. The fraction of sp³-hybridized carbons (Fsp3) is 0.857. The van der Waals surface area contributed by atoms with Crippen molar-refractivity contribution in [3.05, 3.63) is 0 Å². The highest BCUT2D eigenvalue weighted by atomic mass is 16.3. The normalized spacial score (nSPS) is 48.6. The molecule has 0 saturated heterocycles. The van der Waals surface area contributed by atoms with Crippen LogP contribution in [0.1, 0.15) is 38.5 Å². The molecule has 3 saturated carbocycles. The van der Waals surface area contributed by atoms with Gasteiger partial charge in [-0.05, 0) is 25.7 Å². The summed E-state index contributed by atoms with van der Waals surface area (Å²) in [6.07, 6.45) is 2.93. The number of hydrogen-bond acceptors (Lipinski definition) is 4. The molecular formula is C14H20O4. The SMILES string of the molecule is O=C1C2CCCCC2C(=O)C2C(O)CCC(O)C12. The van der Waals surface area contributed by atoms with E-state index in [2.05, 4.69) is 0 Å². The van der Waals surface area contributed by atoms with Crippen LogP contribution in [0.4, 0.5) is 0 Å². The molecule has 18 heavy (non-hydrogen) atoms. The van der Waals surface area contributed by atoms with Crippen LogP contribution in [0.2, 0.25) is 0 Å². The Hall–Kier alpha value is -0.740. The third kappa shape index (κ3) is 1.66. The topological polar surface area (TPSA) is 74.6 Å². The van der Waals surface area contributed by atoms with E-state index in [0.717, 1.165) is 25.7 Å². The summed E-state index contributed by atoms with van der Waals surface area (Å²) in [6, 6.07) is 0. The highest BCUT2D eigenvalue weighted by Crippen LogP contribution is 2.46. The zero-order valence-corrected chi connectivity index (χ0v) is 10.4. The van der Waals surface area contributed by atoms with Gasteiger partial charge in [0.1, 0.15) is 11.6 Å². The second-order valence-corrected chi connectivity index (χ2v) is 6.07. The van der Waals surface area contributed by atoms with Gasteiger partial charge in [-0.25, -0.2) is 0 Å². The van der Waals surface area contributed by atoms with Gasteiger partial charge in [-0.2, -0.15) is 0 Å². The van der Waals surface area contributed by atoms with Gasteiger partial charge in [0.25, 0.3) is 0 Å². The van der Waals surface area contributed by atoms with Gasteiger partial charge in [0.05, 0.1) is 24.0 Å². The molecule has 3 aliphatic carbocycles. The Labute approximate surface area is 106 Å². The van der Waals surface area contributed by atoms with E-state index in [0.29, 0.717) is 12.8 Å². The number of Topliss-reactive ketones (excluding diaryl/α,β-unsaturated/α-hetero) is 2. The zero-order valence-electron chi connectivity index (χ0n) is 10.4. The number of aliphatic hydroxyl groups excluding tert-OH is 2. The van der Waals surface area contributed by atoms with Crippen LogP contribution in [0.5, 0.6) is 0 Å². The molecule has 0 aromatic rings. The fourth-order valence-corrected chi connectivity index (χ4v) is 4.22. The number of fused-ring (bicyclic) bond motifs is 2. The van der Waals surface area contributed by atoms with Crippen LogP contribution in [0, 0.1) is 23.7 Å². The molecule has 0 amide bonds. The molecule has 0 bridgehead atoms. The zero-order chi connectivity index (χ0) is 12.9. The summed E-state index contributed by atoms with van der Waals surface area (Å²) in [5, 5.41) is 20.0. The van der Waals surface area contributed by atoms with Crippen LogP contribution in [0.25, 0.3) is 0 Å². The standard InChI is InChI=1S/C14H20O4/c15-9-5-6-10(16)12-11(9)13(17)7-3-1-2-4-8(7)14(12)18/h7-12,15-16H,1-6H2. The molecule has 0 radical (unpaired) electrons. The summed E-state index contributed by atoms with van der Waals surface area (Å²) in [5.74, 6) is -1.58. The lowest BCUT2D eigenvalue weighted by molar-refractivity contribution is -0.164. The molecular weight excluding hydrogens is 232 g/mol. The highest BCUT2D eigenvalue weighted by molar-refractivity contribution is 6.00. The Balaban J connectivity index is 1.95. The maximum atomic E-state index is 12.5. The third-order valence-corrected chi connectivity index (χ3v) is 5.13. The molecule has 0 heterocycles. The lowest BCUT2D eigenvalue weighted by Gasteiger charge is -2.46. The van der Waals surface area contributed by atoms with Gasteiger partial charge in [0, 0.05) is 11.8 Å². The van der Waals surface area contributed by atoms with Gasteiger partial charge in [-0.3, -0.25) is 9.59 Å². The van der Waals surface area contributed by atoms with Crippen LogP contribution < -0.4 is 0 Å². The van der Waals surface area contributed by atoms with E-state index < -0.39 is 24.0 Å². The molecule has 3 rings (SSSR count). The predicted octanol–water partition coefficient (Wildman–Crippen LogP) is 0.693. The number of aliphatic hydroxyl groups is 2. The van der Waals surface area contributed by atoms with Crippen molar-refractivity contribution in [2.75, 3.05) is 0 Å². The van der Waals surface area contributed by atoms with E-state index in [-0.39, 0.29) is 23.4 Å². The average Bonchev–Trinajstić information content (AvgIpc) is 2.38. The molecule has 0 aromatic heterocycles. The van der Waals surface area contributed by atoms with Crippen LogP contribution in [0.3, 0.4) is 0 Å². The van der Waals surface area contributed by atoms with Crippen LogP contribution in [0.15, 0.2) is 0 Å². The maximum Gasteiger partial charge on any atom is 0.143 e. The van der Waals surface area contributed by atoms with Crippen molar-refractivity contribution in [2.45, 2.75) is 50.7 Å². The van der Waals surface area contributed by atoms with E-state index in [1.54, 1.807) is 0 Å². The Morgan fingerprint density at radius 1 is 0.722 bits per heavy atom. The largest absolute Gasteiger partial charge is 0.392 e. The average molecular weight is 252 g/mol. The van der Waals surface area contributed by atoms with Crippen LogP contribution in [-0.2, 0) is 9.59 Å². The Bertz CT molecular complexity index is 342. The lowest BCUT2D eigenvalue weighted by Crippen LogP contribution is -2.58. The van der Waals surface area contributed by atoms with E-state index in [1.165, 1.54) is 0 Å². The first-order valence-electron chi connectivity index (χ1n) is 7.05. The Morgan fingerprint density at radius 2 is 1.11 bits per heavy atom. The minimum absolute atomic E-state index is 0.0375. The first-order chi connectivity index (χ1) is 8.61. The Morgan fingerprint density at radius 3 is 1.50 bits per heavy atom.